The molecular formula is C9H11BN2O5. The molecule has 0 aromatic heterocycles. The molecule has 8 heteroatoms. The average Bonchev–Trinajstić information content (AvgIpc) is 2.57. The zero-order chi connectivity index (χ0) is 12.4. The summed E-state index contributed by atoms with van der Waals surface area (Å²) in [5, 5.41) is 20.2. The molecule has 1 aliphatic rings. The molecule has 0 spiro atoms. The van der Waals surface area contributed by atoms with Crippen LogP contribution in [-0.4, -0.2) is 30.3 Å². The van der Waals surface area contributed by atoms with E-state index in [2.05, 4.69) is 0 Å². The van der Waals surface area contributed by atoms with Crippen LogP contribution in [0.2, 0.25) is 0 Å². The summed E-state index contributed by atoms with van der Waals surface area (Å²) in [4.78, 5) is 9.99. The summed E-state index contributed by atoms with van der Waals surface area (Å²) >= 11 is 0. The quantitative estimate of drug-likeness (QED) is 0.302. The third-order valence-electron chi connectivity index (χ3n) is 2.54. The third-order valence-corrected chi connectivity index (χ3v) is 2.54. The number of hydrogen-bond acceptors (Lipinski definition) is 6. The van der Waals surface area contributed by atoms with Gasteiger partial charge in [0.25, 0.3) is 0 Å². The smallest absolute Gasteiger partial charge is 0.479 e. The first kappa shape index (κ1) is 11.8. The molecule has 1 atom stereocenters. The van der Waals surface area contributed by atoms with Crippen molar-refractivity contribution < 1.29 is 19.3 Å². The summed E-state index contributed by atoms with van der Waals surface area (Å²) in [6.45, 7) is -0.431. The molecule has 3 N–H and O–H groups in total. The molecule has 7 nitrogen and oxygen atoms in total. The first-order valence-corrected chi connectivity index (χ1v) is 5.04. The van der Waals surface area contributed by atoms with Crippen molar-refractivity contribution in [3.8, 4) is 5.75 Å². The Balaban J connectivity index is 2.35. The number of hydrogen-bond donors (Lipinski definition) is 2. The van der Waals surface area contributed by atoms with Gasteiger partial charge < -0.3 is 14.4 Å². The van der Waals surface area contributed by atoms with Gasteiger partial charge in [0.2, 0.25) is 6.54 Å². The van der Waals surface area contributed by atoms with E-state index in [1.165, 1.54) is 0 Å². The molecule has 0 bridgehead atoms. The number of benzene rings is 1. The van der Waals surface area contributed by atoms with Crippen molar-refractivity contribution in [3.05, 3.63) is 33.9 Å². The maximum absolute atomic E-state index is 10.5. The molecule has 0 amide bonds. The maximum Gasteiger partial charge on any atom is 0.496 e. The molecule has 17 heavy (non-hydrogen) atoms. The van der Waals surface area contributed by atoms with Crippen molar-refractivity contribution in [1.82, 2.24) is 0 Å². The minimum Gasteiger partial charge on any atom is -0.479 e. The molecule has 1 aromatic rings. The van der Waals surface area contributed by atoms with Gasteiger partial charge >= 0.3 is 7.12 Å². The van der Waals surface area contributed by atoms with E-state index in [9.17, 15) is 15.1 Å². The van der Waals surface area contributed by atoms with Crippen LogP contribution < -0.4 is 15.9 Å². The minimum atomic E-state index is -1.21. The predicted molar refractivity (Wildman–Crippen MR) is 59.4 cm³/mol. The summed E-state index contributed by atoms with van der Waals surface area (Å²) in [6.07, 6.45) is -0.753. The lowest BCUT2D eigenvalue weighted by molar-refractivity contribution is -0.490. The fourth-order valence-electron chi connectivity index (χ4n) is 1.90. The third kappa shape index (κ3) is 2.23. The van der Waals surface area contributed by atoms with Crippen LogP contribution in [0.15, 0.2) is 18.2 Å². The highest BCUT2D eigenvalue weighted by Crippen LogP contribution is 2.27. The van der Waals surface area contributed by atoms with Crippen LogP contribution in [0.4, 0.5) is 0 Å². The van der Waals surface area contributed by atoms with Crippen molar-refractivity contribution in [3.63, 3.8) is 0 Å². The van der Waals surface area contributed by atoms with Crippen LogP contribution in [-0.2, 0) is 4.65 Å². The zero-order valence-electron chi connectivity index (χ0n) is 8.91. The van der Waals surface area contributed by atoms with E-state index in [0.717, 1.165) is 0 Å². The van der Waals surface area contributed by atoms with Crippen LogP contribution in [0.1, 0.15) is 11.7 Å². The molecule has 1 aliphatic heterocycles. The van der Waals surface area contributed by atoms with E-state index < -0.39 is 24.7 Å². The van der Waals surface area contributed by atoms with Crippen molar-refractivity contribution in [2.45, 2.75) is 6.10 Å². The lowest BCUT2D eigenvalue weighted by atomic mass is 9.78. The van der Waals surface area contributed by atoms with E-state index in [1.54, 1.807) is 18.2 Å². The Labute approximate surface area is 97.4 Å². The molecule has 0 aliphatic carbocycles. The highest BCUT2D eigenvalue weighted by Gasteiger charge is 2.40. The lowest BCUT2D eigenvalue weighted by Crippen LogP contribution is -2.30. The molecule has 1 heterocycles. The van der Waals surface area contributed by atoms with Crippen molar-refractivity contribution >= 4 is 12.6 Å². The lowest BCUT2D eigenvalue weighted by Gasteiger charge is -2.09. The SMILES string of the molecule is NCOc1cccc2c1B(O)OC2C[N+](=O)[O-]. The van der Waals surface area contributed by atoms with Gasteiger partial charge in [0, 0.05) is 10.4 Å². The monoisotopic (exact) mass is 238 g/mol. The predicted octanol–water partition coefficient (Wildman–Crippen LogP) is -0.983. The van der Waals surface area contributed by atoms with Crippen LogP contribution >= 0.6 is 0 Å². The largest absolute Gasteiger partial charge is 0.496 e. The molecule has 0 saturated carbocycles. The van der Waals surface area contributed by atoms with Crippen LogP contribution in [0.5, 0.6) is 5.75 Å². The second kappa shape index (κ2) is 4.70. The van der Waals surface area contributed by atoms with Crippen molar-refractivity contribution in [1.29, 1.82) is 0 Å². The van der Waals surface area contributed by atoms with E-state index in [4.69, 9.17) is 15.1 Å². The number of ether oxygens (including phenoxy) is 1. The minimum absolute atomic E-state index is 0.0386. The van der Waals surface area contributed by atoms with Gasteiger partial charge in [-0.25, -0.2) is 0 Å². The second-order valence-corrected chi connectivity index (χ2v) is 3.56. The first-order valence-electron chi connectivity index (χ1n) is 5.04. The number of rotatable bonds is 4. The highest BCUT2D eigenvalue weighted by atomic mass is 16.6. The number of nitrogens with zero attached hydrogens (tertiary/aromatic N) is 1. The summed E-state index contributed by atoms with van der Waals surface area (Å²) < 4.78 is 10.3. The Kier molecular flexibility index (Phi) is 3.27. The van der Waals surface area contributed by atoms with E-state index in [-0.39, 0.29) is 6.73 Å². The Morgan fingerprint density at radius 3 is 3.06 bits per heavy atom. The van der Waals surface area contributed by atoms with Gasteiger partial charge in [-0.15, -0.1) is 0 Å². The van der Waals surface area contributed by atoms with Gasteiger partial charge in [-0.05, 0) is 11.6 Å². The van der Waals surface area contributed by atoms with Gasteiger partial charge in [0.1, 0.15) is 18.6 Å². The summed E-state index contributed by atoms with van der Waals surface area (Å²) in [5.74, 6) is 0.392. The van der Waals surface area contributed by atoms with Gasteiger partial charge in [-0.1, -0.05) is 12.1 Å². The summed E-state index contributed by atoms with van der Waals surface area (Å²) in [6, 6.07) is 4.98. The molecular weight excluding hydrogens is 227 g/mol. The van der Waals surface area contributed by atoms with Gasteiger partial charge in [0.05, 0.1) is 0 Å². The molecule has 90 valence electrons. The first-order chi connectivity index (χ1) is 8.13. The number of nitrogens with two attached hydrogens (primary N) is 1. The normalized spacial score (nSPS) is 18.0. The molecule has 0 radical (unpaired) electrons. The van der Waals surface area contributed by atoms with Gasteiger partial charge in [-0.3, -0.25) is 15.8 Å². The zero-order valence-corrected chi connectivity index (χ0v) is 8.91. The highest BCUT2D eigenvalue weighted by molar-refractivity contribution is 6.62. The second-order valence-electron chi connectivity index (χ2n) is 3.56. The Morgan fingerprint density at radius 1 is 1.65 bits per heavy atom. The molecule has 1 unspecified atom stereocenters. The molecule has 0 saturated heterocycles. The number of nitro groups is 1. The van der Waals surface area contributed by atoms with Crippen molar-refractivity contribution in [2.75, 3.05) is 13.3 Å². The van der Waals surface area contributed by atoms with Crippen LogP contribution in [0.25, 0.3) is 0 Å². The van der Waals surface area contributed by atoms with Crippen LogP contribution in [0, 0.1) is 10.1 Å². The Bertz CT molecular complexity index is 441. The Morgan fingerprint density at radius 2 is 2.41 bits per heavy atom. The molecule has 1 aromatic carbocycles. The van der Waals surface area contributed by atoms with Crippen LogP contribution in [0.3, 0.4) is 0 Å². The van der Waals surface area contributed by atoms with E-state index >= 15 is 0 Å². The molecule has 2 rings (SSSR count). The van der Waals surface area contributed by atoms with Crippen molar-refractivity contribution in [2.24, 2.45) is 5.73 Å². The standard InChI is InChI=1S/C9H11BN2O5/c11-5-16-7-3-1-2-6-8(4-12(14)15)17-10(13)9(6)7/h1-3,8,13H,4-5,11H2. The Hall–Kier alpha value is -1.64. The van der Waals surface area contributed by atoms with E-state index in [1.807, 2.05) is 0 Å². The fourth-order valence-corrected chi connectivity index (χ4v) is 1.90. The topological polar surface area (TPSA) is 108 Å². The maximum atomic E-state index is 10.5. The van der Waals surface area contributed by atoms with Gasteiger partial charge in [-0.2, -0.15) is 0 Å². The van der Waals surface area contributed by atoms with E-state index in [0.29, 0.717) is 16.8 Å². The molecule has 0 fully saturated rings. The number of fused-ring (bicyclic) bond motifs is 1. The van der Waals surface area contributed by atoms with Gasteiger partial charge in [0.15, 0.2) is 0 Å². The average molecular weight is 238 g/mol. The summed E-state index contributed by atoms with van der Waals surface area (Å²) in [5.41, 5.74) is 6.25. The fraction of sp³-hybridized carbons (Fsp3) is 0.333. The summed E-state index contributed by atoms with van der Waals surface area (Å²) in [7, 11) is -1.21.